The highest BCUT2D eigenvalue weighted by molar-refractivity contribution is 9.10. The first kappa shape index (κ1) is 18.3. The molecule has 26 heavy (non-hydrogen) atoms. The Labute approximate surface area is 159 Å². The van der Waals surface area contributed by atoms with Crippen LogP contribution >= 0.6 is 15.9 Å². The molecule has 1 aliphatic heterocycles. The zero-order chi connectivity index (χ0) is 18.7. The molecule has 0 unspecified atom stereocenters. The lowest BCUT2D eigenvalue weighted by atomic mass is 10.1. The molecule has 0 spiro atoms. The van der Waals surface area contributed by atoms with Crippen LogP contribution in [0.2, 0.25) is 0 Å². The van der Waals surface area contributed by atoms with Crippen molar-refractivity contribution in [2.75, 3.05) is 18.4 Å². The number of hydrogen-bond acceptors (Lipinski definition) is 4. The number of amides is 2. The Hall–Kier alpha value is -2.48. The van der Waals surface area contributed by atoms with Gasteiger partial charge in [-0.05, 0) is 47.3 Å². The van der Waals surface area contributed by atoms with Crippen molar-refractivity contribution in [2.24, 2.45) is 7.05 Å². The van der Waals surface area contributed by atoms with Gasteiger partial charge in [-0.15, -0.1) is 0 Å². The van der Waals surface area contributed by atoms with Crippen LogP contribution in [-0.2, 0) is 7.05 Å². The van der Waals surface area contributed by atoms with E-state index < -0.39 is 5.91 Å². The zero-order valence-electron chi connectivity index (χ0n) is 14.4. The maximum Gasteiger partial charge on any atom is 0.274 e. The van der Waals surface area contributed by atoms with Crippen LogP contribution in [0.1, 0.15) is 40.0 Å². The number of piperidine rings is 1. The predicted octanol–water partition coefficient (Wildman–Crippen LogP) is 2.42. The highest BCUT2D eigenvalue weighted by Crippen LogP contribution is 2.15. The largest absolute Gasteiger partial charge is 0.339 e. The molecule has 136 valence electrons. The summed E-state index contributed by atoms with van der Waals surface area (Å²) in [5.41, 5.74) is 0.391. The second-order valence-corrected chi connectivity index (χ2v) is 7.17. The number of hydrogen-bond donors (Lipinski definition) is 1. The summed E-state index contributed by atoms with van der Waals surface area (Å²) in [7, 11) is 1.56. The minimum absolute atomic E-state index is 0.0698. The molecular weight excluding hydrogens is 400 g/mol. The van der Waals surface area contributed by atoms with Gasteiger partial charge in [0.25, 0.3) is 17.4 Å². The molecule has 0 atom stereocenters. The number of pyridine rings is 2. The third-order valence-electron chi connectivity index (χ3n) is 4.29. The molecule has 1 N–H and O–H groups in total. The van der Waals surface area contributed by atoms with Crippen LogP contribution < -0.4 is 10.9 Å². The third kappa shape index (κ3) is 4.01. The van der Waals surface area contributed by atoms with Crippen LogP contribution in [0.25, 0.3) is 0 Å². The lowest BCUT2D eigenvalue weighted by molar-refractivity contribution is 0.0723. The van der Waals surface area contributed by atoms with Crippen LogP contribution in [0.3, 0.4) is 0 Å². The lowest BCUT2D eigenvalue weighted by Gasteiger charge is -2.27. The monoisotopic (exact) mass is 418 g/mol. The van der Waals surface area contributed by atoms with Gasteiger partial charge >= 0.3 is 0 Å². The second-order valence-electron chi connectivity index (χ2n) is 6.26. The summed E-state index contributed by atoms with van der Waals surface area (Å²) in [6.45, 7) is 1.43. The number of aromatic nitrogens is 2. The highest BCUT2D eigenvalue weighted by atomic mass is 79.9. The number of anilines is 1. The van der Waals surface area contributed by atoms with Crippen molar-refractivity contribution in [1.82, 2.24) is 14.5 Å². The lowest BCUT2D eigenvalue weighted by Crippen LogP contribution is -2.36. The van der Waals surface area contributed by atoms with Gasteiger partial charge in [0.05, 0.1) is 11.1 Å². The minimum Gasteiger partial charge on any atom is -0.339 e. The van der Waals surface area contributed by atoms with Crippen LogP contribution in [0.15, 0.2) is 40.0 Å². The molecule has 1 aliphatic rings. The van der Waals surface area contributed by atoms with E-state index in [1.165, 1.54) is 23.0 Å². The summed E-state index contributed by atoms with van der Waals surface area (Å²) in [6.07, 6.45) is 7.57. The van der Waals surface area contributed by atoms with E-state index in [4.69, 9.17) is 0 Å². The Morgan fingerprint density at radius 3 is 2.54 bits per heavy atom. The van der Waals surface area contributed by atoms with Gasteiger partial charge in [-0.25, -0.2) is 0 Å². The van der Waals surface area contributed by atoms with Gasteiger partial charge in [0, 0.05) is 43.2 Å². The van der Waals surface area contributed by atoms with Crippen molar-refractivity contribution in [3.63, 3.8) is 0 Å². The van der Waals surface area contributed by atoms with Crippen molar-refractivity contribution >= 4 is 33.4 Å². The second kappa shape index (κ2) is 7.82. The Morgan fingerprint density at radius 1 is 1.12 bits per heavy atom. The molecule has 0 saturated carbocycles. The van der Waals surface area contributed by atoms with Gasteiger partial charge in [-0.3, -0.25) is 19.4 Å². The fourth-order valence-corrected chi connectivity index (χ4v) is 3.29. The normalized spacial score (nSPS) is 14.2. The van der Waals surface area contributed by atoms with Gasteiger partial charge in [-0.1, -0.05) is 0 Å². The standard InChI is InChI=1S/C18H19BrN4O3/c1-22-11-13(17(25)23-5-3-2-4-6-23)8-15(18(22)26)21-16(24)12-7-14(19)10-20-9-12/h7-11H,2-6H2,1H3,(H,21,24). The zero-order valence-corrected chi connectivity index (χ0v) is 16.0. The fourth-order valence-electron chi connectivity index (χ4n) is 2.93. The number of carbonyl (C=O) groups excluding carboxylic acids is 2. The molecule has 8 heteroatoms. The number of carbonyl (C=O) groups is 2. The molecule has 7 nitrogen and oxygen atoms in total. The van der Waals surface area contributed by atoms with E-state index in [1.807, 2.05) is 0 Å². The molecule has 1 fully saturated rings. The van der Waals surface area contributed by atoms with Crippen LogP contribution in [0.4, 0.5) is 5.69 Å². The molecule has 3 heterocycles. The topological polar surface area (TPSA) is 84.3 Å². The average molecular weight is 419 g/mol. The van der Waals surface area contributed by atoms with Crippen molar-refractivity contribution in [2.45, 2.75) is 19.3 Å². The Balaban J connectivity index is 1.87. The van der Waals surface area contributed by atoms with Crippen molar-refractivity contribution in [1.29, 1.82) is 0 Å². The quantitative estimate of drug-likeness (QED) is 0.829. The first-order chi connectivity index (χ1) is 12.5. The first-order valence-corrected chi connectivity index (χ1v) is 9.17. The molecule has 0 bridgehead atoms. The van der Waals surface area contributed by atoms with E-state index in [1.54, 1.807) is 24.2 Å². The van der Waals surface area contributed by atoms with Crippen molar-refractivity contribution < 1.29 is 9.59 Å². The molecular formula is C18H19BrN4O3. The van der Waals surface area contributed by atoms with Crippen molar-refractivity contribution in [3.8, 4) is 0 Å². The van der Waals surface area contributed by atoms with Crippen LogP contribution in [0, 0.1) is 0 Å². The number of nitrogens with one attached hydrogen (secondary N) is 1. The highest BCUT2D eigenvalue weighted by Gasteiger charge is 2.20. The third-order valence-corrected chi connectivity index (χ3v) is 4.72. The van der Waals surface area contributed by atoms with Crippen LogP contribution in [-0.4, -0.2) is 39.4 Å². The maximum absolute atomic E-state index is 12.7. The summed E-state index contributed by atoms with van der Waals surface area (Å²) in [6, 6.07) is 3.05. The average Bonchev–Trinajstić information content (AvgIpc) is 2.65. The van der Waals surface area contributed by atoms with E-state index in [2.05, 4.69) is 26.2 Å². The summed E-state index contributed by atoms with van der Waals surface area (Å²) in [4.78, 5) is 43.2. The van der Waals surface area contributed by atoms with Gasteiger partial charge in [0.15, 0.2) is 0 Å². The van der Waals surface area contributed by atoms with E-state index >= 15 is 0 Å². The molecule has 1 saturated heterocycles. The molecule has 2 aromatic rings. The molecule has 2 aromatic heterocycles. The number of halogens is 1. The predicted molar refractivity (Wildman–Crippen MR) is 101 cm³/mol. The Kier molecular flexibility index (Phi) is 5.51. The summed E-state index contributed by atoms with van der Waals surface area (Å²) < 4.78 is 1.97. The summed E-state index contributed by atoms with van der Waals surface area (Å²) in [5, 5.41) is 2.59. The molecule has 0 radical (unpaired) electrons. The Morgan fingerprint density at radius 2 is 1.85 bits per heavy atom. The number of likely N-dealkylation sites (tertiary alicyclic amines) is 1. The SMILES string of the molecule is Cn1cc(C(=O)N2CCCCC2)cc(NC(=O)c2cncc(Br)c2)c1=O. The van der Waals surface area contributed by atoms with Gasteiger partial charge < -0.3 is 14.8 Å². The minimum atomic E-state index is -0.460. The van der Waals surface area contributed by atoms with E-state index in [-0.39, 0.29) is 17.2 Å². The summed E-state index contributed by atoms with van der Waals surface area (Å²) in [5.74, 6) is -0.585. The molecule has 2 amide bonds. The van der Waals surface area contributed by atoms with E-state index in [0.717, 1.165) is 19.3 Å². The number of rotatable bonds is 3. The molecule has 0 aliphatic carbocycles. The maximum atomic E-state index is 12.7. The van der Waals surface area contributed by atoms with Crippen LogP contribution in [0.5, 0.6) is 0 Å². The summed E-state index contributed by atoms with van der Waals surface area (Å²) >= 11 is 3.26. The van der Waals surface area contributed by atoms with Gasteiger partial charge in [-0.2, -0.15) is 0 Å². The smallest absolute Gasteiger partial charge is 0.274 e. The molecule has 3 rings (SSSR count). The first-order valence-electron chi connectivity index (χ1n) is 8.37. The van der Waals surface area contributed by atoms with Gasteiger partial charge in [0.1, 0.15) is 5.69 Å². The van der Waals surface area contributed by atoms with E-state index in [0.29, 0.717) is 28.7 Å². The van der Waals surface area contributed by atoms with Crippen molar-refractivity contribution in [3.05, 3.63) is 56.7 Å². The fraction of sp³-hybridized carbons (Fsp3) is 0.333. The van der Waals surface area contributed by atoms with E-state index in [9.17, 15) is 14.4 Å². The number of nitrogens with zero attached hydrogens (tertiary/aromatic N) is 3. The van der Waals surface area contributed by atoms with Gasteiger partial charge in [0.2, 0.25) is 0 Å². The molecule has 0 aromatic carbocycles. The number of aryl methyl sites for hydroxylation is 1. The Bertz CT molecular complexity index is 904.